The Morgan fingerprint density at radius 1 is 1.38 bits per heavy atom. The molecule has 112 valence electrons. The number of rotatable bonds is 3. The van der Waals surface area contributed by atoms with Crippen LogP contribution in [0.25, 0.3) is 0 Å². The Balaban J connectivity index is 1.82. The summed E-state index contributed by atoms with van der Waals surface area (Å²) >= 11 is 1.64. The molecule has 0 radical (unpaired) electrons. The lowest BCUT2D eigenvalue weighted by molar-refractivity contribution is 0.412. The van der Waals surface area contributed by atoms with E-state index in [-0.39, 0.29) is 11.3 Å². The fourth-order valence-electron chi connectivity index (χ4n) is 2.67. The molecule has 1 aliphatic rings. The van der Waals surface area contributed by atoms with E-state index in [9.17, 15) is 0 Å². The molecule has 4 nitrogen and oxygen atoms in total. The first-order valence-corrected chi connectivity index (χ1v) is 7.99. The zero-order chi connectivity index (χ0) is 15.0. The highest BCUT2D eigenvalue weighted by Gasteiger charge is 2.29. The lowest BCUT2D eigenvalue weighted by Gasteiger charge is -2.30. The normalized spacial score (nSPS) is 21.1. The minimum atomic E-state index is -0.0265. The zero-order valence-corrected chi connectivity index (χ0v) is 13.4. The molecule has 2 N–H and O–H groups in total. The average Bonchev–Trinajstić information content (AvgIpc) is 2.80. The van der Waals surface area contributed by atoms with Crippen molar-refractivity contribution in [3.63, 3.8) is 0 Å². The van der Waals surface area contributed by atoms with Crippen LogP contribution in [0.2, 0.25) is 0 Å². The summed E-state index contributed by atoms with van der Waals surface area (Å²) in [5, 5.41) is 0.999. The van der Waals surface area contributed by atoms with Gasteiger partial charge in [-0.25, -0.2) is 4.98 Å². The van der Waals surface area contributed by atoms with Crippen LogP contribution in [0.3, 0.4) is 0 Å². The van der Waals surface area contributed by atoms with Gasteiger partial charge in [0, 0.05) is 11.3 Å². The number of thioether (sulfide) groups is 1. The molecule has 0 amide bonds. The minimum absolute atomic E-state index is 0.0265. The second-order valence-corrected chi connectivity index (χ2v) is 6.60. The van der Waals surface area contributed by atoms with Crippen molar-refractivity contribution in [2.45, 2.75) is 43.2 Å². The third-order valence-electron chi connectivity index (χ3n) is 4.07. The molecule has 0 aliphatic heterocycles. The van der Waals surface area contributed by atoms with Crippen molar-refractivity contribution < 1.29 is 9.15 Å². The van der Waals surface area contributed by atoms with E-state index in [2.05, 4.69) is 17.1 Å². The maximum Gasteiger partial charge on any atom is 0.256 e. The number of nitrogens with two attached hydrogens (primary N) is 1. The van der Waals surface area contributed by atoms with Gasteiger partial charge in [-0.1, -0.05) is 17.8 Å². The van der Waals surface area contributed by atoms with Gasteiger partial charge in [0.1, 0.15) is 11.5 Å². The summed E-state index contributed by atoms with van der Waals surface area (Å²) in [7, 11) is 1.68. The molecule has 1 aromatic carbocycles. The maximum absolute atomic E-state index is 6.46. The van der Waals surface area contributed by atoms with Crippen molar-refractivity contribution in [2.24, 2.45) is 5.73 Å². The molecule has 0 fully saturated rings. The molecule has 1 aromatic heterocycles. The van der Waals surface area contributed by atoms with Gasteiger partial charge in [0.2, 0.25) is 0 Å². The molecule has 5 heteroatoms. The topological polar surface area (TPSA) is 61.3 Å². The van der Waals surface area contributed by atoms with Gasteiger partial charge < -0.3 is 14.9 Å². The third kappa shape index (κ3) is 2.80. The summed E-state index contributed by atoms with van der Waals surface area (Å²) in [6.45, 7) is 3.90. The van der Waals surface area contributed by atoms with Gasteiger partial charge in [-0.2, -0.15) is 0 Å². The first-order chi connectivity index (χ1) is 10.1. The fourth-order valence-corrected chi connectivity index (χ4v) is 3.82. The van der Waals surface area contributed by atoms with E-state index in [1.54, 1.807) is 18.9 Å². The summed E-state index contributed by atoms with van der Waals surface area (Å²) in [4.78, 5) is 4.44. The number of aromatic nitrogens is 1. The summed E-state index contributed by atoms with van der Waals surface area (Å²) in [5.41, 5.74) is 9.91. The van der Waals surface area contributed by atoms with Gasteiger partial charge in [-0.05, 0) is 49.9 Å². The number of oxazole rings is 1. The smallest absolute Gasteiger partial charge is 0.256 e. The number of nitrogens with zero attached hydrogens (tertiary/aromatic N) is 1. The van der Waals surface area contributed by atoms with Crippen LogP contribution in [0.5, 0.6) is 5.75 Å². The first-order valence-electron chi connectivity index (χ1n) is 7.11. The number of ether oxygens (including phenoxy) is 1. The average molecular weight is 304 g/mol. The molecular formula is C16H20N2O2S. The summed E-state index contributed by atoms with van der Waals surface area (Å²) < 4.78 is 11.0. The van der Waals surface area contributed by atoms with E-state index in [1.165, 1.54) is 11.1 Å². The standard InChI is InChI=1S/C16H20N2O2S/c1-9-10(2)20-16(18-9)21-14-7-5-11-4-6-12(19-3)8-13(11)15(14)17/h4,6,8,14-15H,5,7,17H2,1-3H3. The maximum atomic E-state index is 6.46. The van der Waals surface area contributed by atoms with Gasteiger partial charge in [0.05, 0.1) is 12.8 Å². The van der Waals surface area contributed by atoms with Gasteiger partial charge in [-0.15, -0.1) is 0 Å². The van der Waals surface area contributed by atoms with Gasteiger partial charge in [-0.3, -0.25) is 0 Å². The van der Waals surface area contributed by atoms with Crippen molar-refractivity contribution in [1.29, 1.82) is 0 Å². The molecule has 2 unspecified atom stereocenters. The Bertz CT molecular complexity index is 634. The predicted octanol–water partition coefficient (Wildman–Crippen LogP) is 3.41. The molecular weight excluding hydrogens is 284 g/mol. The summed E-state index contributed by atoms with van der Waals surface area (Å²) in [5.74, 6) is 1.74. The SMILES string of the molecule is COc1ccc2c(c1)C(N)C(Sc1nc(C)c(C)o1)CC2. The first kappa shape index (κ1) is 14.5. The van der Waals surface area contributed by atoms with Crippen LogP contribution < -0.4 is 10.5 Å². The molecule has 0 bridgehead atoms. The number of fused-ring (bicyclic) bond motifs is 1. The fraction of sp³-hybridized carbons (Fsp3) is 0.438. The van der Waals surface area contributed by atoms with Crippen molar-refractivity contribution in [2.75, 3.05) is 7.11 Å². The number of hydrogen-bond acceptors (Lipinski definition) is 5. The molecule has 2 atom stereocenters. The highest BCUT2D eigenvalue weighted by molar-refractivity contribution is 7.99. The Kier molecular flexibility index (Phi) is 3.95. The van der Waals surface area contributed by atoms with Crippen molar-refractivity contribution in [3.05, 3.63) is 40.8 Å². The zero-order valence-electron chi connectivity index (χ0n) is 12.6. The molecule has 0 spiro atoms. The van der Waals surface area contributed by atoms with Gasteiger partial charge in [0.25, 0.3) is 5.22 Å². The van der Waals surface area contributed by atoms with E-state index in [1.807, 2.05) is 19.9 Å². The number of methoxy groups -OCH3 is 1. The molecule has 1 heterocycles. The Labute approximate surface area is 129 Å². The monoisotopic (exact) mass is 304 g/mol. The van der Waals surface area contributed by atoms with Gasteiger partial charge >= 0.3 is 0 Å². The molecule has 1 aliphatic carbocycles. The van der Waals surface area contributed by atoms with Crippen LogP contribution in [0.15, 0.2) is 27.8 Å². The Hall–Kier alpha value is -1.46. The molecule has 21 heavy (non-hydrogen) atoms. The van der Waals surface area contributed by atoms with E-state index in [4.69, 9.17) is 14.9 Å². The molecule has 3 rings (SSSR count). The van der Waals surface area contributed by atoms with Crippen LogP contribution in [-0.4, -0.2) is 17.3 Å². The van der Waals surface area contributed by atoms with Gasteiger partial charge in [0.15, 0.2) is 0 Å². The van der Waals surface area contributed by atoms with Crippen LogP contribution in [0.4, 0.5) is 0 Å². The number of benzene rings is 1. The van der Waals surface area contributed by atoms with Crippen molar-refractivity contribution in [3.8, 4) is 5.75 Å². The summed E-state index contributed by atoms with van der Waals surface area (Å²) in [6, 6.07) is 6.15. The number of hydrogen-bond donors (Lipinski definition) is 1. The van der Waals surface area contributed by atoms with E-state index >= 15 is 0 Å². The molecule has 0 saturated carbocycles. The van der Waals surface area contributed by atoms with Crippen LogP contribution in [0, 0.1) is 13.8 Å². The van der Waals surface area contributed by atoms with E-state index in [0.717, 1.165) is 35.3 Å². The van der Waals surface area contributed by atoms with Crippen LogP contribution >= 0.6 is 11.8 Å². The predicted molar refractivity (Wildman–Crippen MR) is 83.9 cm³/mol. The quantitative estimate of drug-likeness (QED) is 0.941. The molecule has 0 saturated heterocycles. The lowest BCUT2D eigenvalue weighted by Crippen LogP contribution is -2.29. The largest absolute Gasteiger partial charge is 0.497 e. The third-order valence-corrected chi connectivity index (χ3v) is 5.28. The van der Waals surface area contributed by atoms with Crippen LogP contribution in [-0.2, 0) is 6.42 Å². The van der Waals surface area contributed by atoms with Crippen molar-refractivity contribution >= 4 is 11.8 Å². The second kappa shape index (κ2) is 5.73. The molecule has 2 aromatic rings. The highest BCUT2D eigenvalue weighted by atomic mass is 32.2. The van der Waals surface area contributed by atoms with Crippen LogP contribution in [0.1, 0.15) is 35.0 Å². The Morgan fingerprint density at radius 3 is 2.86 bits per heavy atom. The lowest BCUT2D eigenvalue weighted by atomic mass is 9.87. The minimum Gasteiger partial charge on any atom is -0.497 e. The Morgan fingerprint density at radius 2 is 2.19 bits per heavy atom. The van der Waals surface area contributed by atoms with E-state index < -0.39 is 0 Å². The summed E-state index contributed by atoms with van der Waals surface area (Å²) in [6.07, 6.45) is 2.06. The van der Waals surface area contributed by atoms with E-state index in [0.29, 0.717) is 0 Å². The van der Waals surface area contributed by atoms with Crippen molar-refractivity contribution in [1.82, 2.24) is 4.98 Å². The number of aryl methyl sites for hydroxylation is 3. The second-order valence-electron chi connectivity index (χ2n) is 5.41. The highest BCUT2D eigenvalue weighted by Crippen LogP contribution is 2.40.